The van der Waals surface area contributed by atoms with Crippen molar-refractivity contribution in [3.8, 4) is 11.4 Å². The first-order chi connectivity index (χ1) is 13.0. The minimum Gasteiger partial charge on any atom is -0.313 e. The molecule has 0 aliphatic heterocycles. The van der Waals surface area contributed by atoms with Crippen molar-refractivity contribution in [2.45, 2.75) is 51.5 Å². The Morgan fingerprint density at radius 1 is 1.15 bits per heavy atom. The van der Waals surface area contributed by atoms with E-state index in [2.05, 4.69) is 19.9 Å². The summed E-state index contributed by atoms with van der Waals surface area (Å²) in [5.74, 6) is 1.34. The smallest absolute Gasteiger partial charge is 0.313 e. The van der Waals surface area contributed by atoms with Crippen molar-refractivity contribution < 1.29 is 0 Å². The molecule has 1 atom stereocenters. The van der Waals surface area contributed by atoms with Gasteiger partial charge in [-0.25, -0.2) is 19.9 Å². The Labute approximate surface area is 154 Å². The zero-order valence-corrected chi connectivity index (χ0v) is 15.3. The highest BCUT2D eigenvalue weighted by Crippen LogP contribution is 2.43. The second-order valence-electron chi connectivity index (χ2n) is 7.63. The molecule has 0 aromatic carbocycles. The number of aromatic amines is 1. The summed E-state index contributed by atoms with van der Waals surface area (Å²) in [5.41, 5.74) is 2.37. The largest absolute Gasteiger partial charge is 0.318 e. The normalized spacial score (nSPS) is 18.0. The maximum Gasteiger partial charge on any atom is 0.318 e. The number of fused-ring (bicyclic) bond motifs is 1. The van der Waals surface area contributed by atoms with E-state index in [4.69, 9.17) is 4.98 Å². The van der Waals surface area contributed by atoms with Crippen LogP contribution in [-0.2, 0) is 0 Å². The molecule has 0 amide bonds. The van der Waals surface area contributed by atoms with Crippen LogP contribution in [0.2, 0.25) is 0 Å². The van der Waals surface area contributed by atoms with E-state index in [0.29, 0.717) is 28.8 Å². The molecule has 8 nitrogen and oxygen atoms in total. The molecule has 3 heterocycles. The summed E-state index contributed by atoms with van der Waals surface area (Å²) < 4.78 is 1.53. The summed E-state index contributed by atoms with van der Waals surface area (Å²) >= 11 is 0. The zero-order valence-electron chi connectivity index (χ0n) is 15.3. The Morgan fingerprint density at radius 2 is 1.93 bits per heavy atom. The molecule has 0 bridgehead atoms. The minimum atomic E-state index is -0.635. The molecule has 1 N–H and O–H groups in total. The van der Waals surface area contributed by atoms with E-state index in [-0.39, 0.29) is 6.04 Å². The van der Waals surface area contributed by atoms with Gasteiger partial charge in [0.25, 0.3) is 0 Å². The number of rotatable bonds is 4. The van der Waals surface area contributed by atoms with Crippen LogP contribution in [0.5, 0.6) is 0 Å². The van der Waals surface area contributed by atoms with Gasteiger partial charge in [0.2, 0.25) is 0 Å². The Balaban J connectivity index is 1.77. The lowest BCUT2D eigenvalue weighted by Crippen LogP contribution is -2.38. The van der Waals surface area contributed by atoms with E-state index < -0.39 is 11.1 Å². The molecule has 2 aliphatic rings. The lowest BCUT2D eigenvalue weighted by molar-refractivity contribution is 0.479. The highest BCUT2D eigenvalue weighted by atomic mass is 16.2. The molecule has 138 valence electrons. The fourth-order valence-corrected chi connectivity index (χ4v) is 3.75. The third-order valence-electron chi connectivity index (χ3n) is 5.62. The highest BCUT2D eigenvalue weighted by molar-refractivity contribution is 5.73. The third kappa shape index (κ3) is 2.67. The topological polar surface area (TPSA) is 106 Å². The van der Waals surface area contributed by atoms with Crippen molar-refractivity contribution in [2.24, 2.45) is 5.92 Å². The van der Waals surface area contributed by atoms with Crippen LogP contribution in [0.15, 0.2) is 22.1 Å². The molecule has 1 unspecified atom stereocenters. The van der Waals surface area contributed by atoms with Crippen LogP contribution in [-0.4, -0.2) is 29.5 Å². The number of H-pyrrole nitrogens is 1. The second kappa shape index (κ2) is 5.80. The molecule has 5 rings (SSSR count). The molecule has 27 heavy (non-hydrogen) atoms. The van der Waals surface area contributed by atoms with Gasteiger partial charge in [0, 0.05) is 12.0 Å². The summed E-state index contributed by atoms with van der Waals surface area (Å²) in [4.78, 5) is 45.3. The van der Waals surface area contributed by atoms with E-state index in [1.165, 1.54) is 4.57 Å². The van der Waals surface area contributed by atoms with Gasteiger partial charge < -0.3 is 4.98 Å². The quantitative estimate of drug-likeness (QED) is 0.711. The van der Waals surface area contributed by atoms with E-state index in [1.54, 1.807) is 12.5 Å². The summed E-state index contributed by atoms with van der Waals surface area (Å²) in [6, 6.07) is -0.0685. The second-order valence-corrected chi connectivity index (χ2v) is 7.63. The molecule has 0 saturated heterocycles. The van der Waals surface area contributed by atoms with Gasteiger partial charge in [-0.2, -0.15) is 0 Å². The minimum absolute atomic E-state index is 0.0685. The Bertz CT molecular complexity index is 1170. The molecule has 3 aromatic rings. The van der Waals surface area contributed by atoms with Gasteiger partial charge in [-0.1, -0.05) is 0 Å². The number of aryl methyl sites for hydroxylation is 1. The molecule has 0 spiro atoms. The predicted octanol–water partition coefficient (Wildman–Crippen LogP) is 2.09. The monoisotopic (exact) mass is 364 g/mol. The fraction of sp³-hybridized carbons (Fsp3) is 0.474. The van der Waals surface area contributed by atoms with Gasteiger partial charge in [-0.05, 0) is 45.4 Å². The van der Waals surface area contributed by atoms with Gasteiger partial charge in [-0.15, -0.1) is 0 Å². The zero-order chi connectivity index (χ0) is 18.7. The van der Waals surface area contributed by atoms with Crippen LogP contribution >= 0.6 is 0 Å². The van der Waals surface area contributed by atoms with Gasteiger partial charge in [-0.3, -0.25) is 14.2 Å². The Hall–Kier alpha value is -2.90. The molecular formula is C19H20N6O2. The molecule has 2 aliphatic carbocycles. The van der Waals surface area contributed by atoms with Crippen LogP contribution in [0, 0.1) is 12.8 Å². The first-order valence-electron chi connectivity index (χ1n) is 9.38. The third-order valence-corrected chi connectivity index (χ3v) is 5.62. The van der Waals surface area contributed by atoms with E-state index in [9.17, 15) is 9.59 Å². The number of hydrogen-bond donors (Lipinski definition) is 1. The van der Waals surface area contributed by atoms with Crippen LogP contribution in [0.1, 0.15) is 56.0 Å². The number of aromatic nitrogens is 6. The van der Waals surface area contributed by atoms with Crippen LogP contribution in [0.4, 0.5) is 0 Å². The van der Waals surface area contributed by atoms with Gasteiger partial charge >= 0.3 is 11.1 Å². The highest BCUT2D eigenvalue weighted by Gasteiger charge is 2.32. The molecule has 2 saturated carbocycles. The van der Waals surface area contributed by atoms with Crippen molar-refractivity contribution in [3.63, 3.8) is 0 Å². The number of nitrogens with one attached hydrogen (secondary N) is 1. The van der Waals surface area contributed by atoms with E-state index in [0.717, 1.165) is 42.6 Å². The molecule has 2 fully saturated rings. The standard InChI is InChI=1S/C19H20N6O2/c1-9-14(15(12-5-6-12)22-8-21-9)16-20-7-13-17(24-16)25(10(2)11-3-4-11)19(27)18(26)23-13/h7-8,10-12H,3-6H2,1-2H3,(H,23,26). The molecular weight excluding hydrogens is 344 g/mol. The van der Waals surface area contributed by atoms with Crippen LogP contribution in [0.3, 0.4) is 0 Å². The van der Waals surface area contributed by atoms with Crippen LogP contribution in [0.25, 0.3) is 22.6 Å². The first-order valence-corrected chi connectivity index (χ1v) is 9.38. The molecule has 8 heteroatoms. The lowest BCUT2D eigenvalue weighted by atomic mass is 10.1. The number of hydrogen-bond acceptors (Lipinski definition) is 6. The Morgan fingerprint density at radius 3 is 2.63 bits per heavy atom. The summed E-state index contributed by atoms with van der Waals surface area (Å²) in [6.45, 7) is 3.90. The van der Waals surface area contributed by atoms with Crippen molar-refractivity contribution >= 4 is 11.2 Å². The van der Waals surface area contributed by atoms with Gasteiger partial charge in [0.05, 0.1) is 23.1 Å². The van der Waals surface area contributed by atoms with Crippen molar-refractivity contribution in [1.82, 2.24) is 29.5 Å². The predicted molar refractivity (Wildman–Crippen MR) is 99.6 cm³/mol. The van der Waals surface area contributed by atoms with Crippen molar-refractivity contribution in [1.29, 1.82) is 0 Å². The SMILES string of the molecule is Cc1ncnc(C2CC2)c1-c1ncc2[nH]c(=O)c(=O)n(C(C)C3CC3)c2n1. The van der Waals surface area contributed by atoms with E-state index >= 15 is 0 Å². The average Bonchev–Trinajstić information content (AvgIpc) is 3.55. The molecule has 0 radical (unpaired) electrons. The lowest BCUT2D eigenvalue weighted by Gasteiger charge is -2.17. The Kier molecular flexibility index (Phi) is 3.50. The molecule has 3 aromatic heterocycles. The first kappa shape index (κ1) is 16.3. The summed E-state index contributed by atoms with van der Waals surface area (Å²) in [5, 5.41) is 0. The van der Waals surface area contributed by atoms with Gasteiger partial charge in [0.1, 0.15) is 11.8 Å². The van der Waals surface area contributed by atoms with Gasteiger partial charge in [0.15, 0.2) is 11.5 Å². The maximum atomic E-state index is 12.6. The van der Waals surface area contributed by atoms with Crippen molar-refractivity contribution in [3.05, 3.63) is 44.6 Å². The summed E-state index contributed by atoms with van der Waals surface area (Å²) in [7, 11) is 0. The van der Waals surface area contributed by atoms with Crippen LogP contribution < -0.4 is 11.1 Å². The number of nitrogens with zero attached hydrogens (tertiary/aromatic N) is 5. The summed E-state index contributed by atoms with van der Waals surface area (Å²) in [6.07, 6.45) is 7.50. The van der Waals surface area contributed by atoms with Crippen molar-refractivity contribution in [2.75, 3.05) is 0 Å². The van der Waals surface area contributed by atoms with E-state index in [1.807, 2.05) is 13.8 Å². The maximum absolute atomic E-state index is 12.6. The fourth-order valence-electron chi connectivity index (χ4n) is 3.75. The average molecular weight is 364 g/mol.